The van der Waals surface area contributed by atoms with E-state index in [4.69, 9.17) is 0 Å². The van der Waals surface area contributed by atoms with Crippen molar-refractivity contribution in [1.82, 2.24) is 15.6 Å². The van der Waals surface area contributed by atoms with Crippen molar-refractivity contribution in [2.75, 3.05) is 6.54 Å². The van der Waals surface area contributed by atoms with Crippen LogP contribution >= 0.6 is 11.3 Å². The number of nitrogens with one attached hydrogen (secondary N) is 2. The smallest absolute Gasteiger partial charge is 0.223 e. The van der Waals surface area contributed by atoms with Crippen molar-refractivity contribution < 1.29 is 9.59 Å². The molecule has 0 unspecified atom stereocenters. The highest BCUT2D eigenvalue weighted by Crippen LogP contribution is 2.38. The minimum absolute atomic E-state index is 0.0488. The van der Waals surface area contributed by atoms with Crippen molar-refractivity contribution >= 4 is 23.2 Å². The number of carbonyl (C=O) groups is 2. The number of thiazole rings is 1. The summed E-state index contributed by atoms with van der Waals surface area (Å²) in [4.78, 5) is 29.5. The minimum atomic E-state index is 0.0488. The van der Waals surface area contributed by atoms with Crippen molar-refractivity contribution in [3.05, 3.63) is 28.7 Å². The molecule has 2 fully saturated rings. The van der Waals surface area contributed by atoms with Crippen LogP contribution in [0.15, 0.2) is 23.7 Å². The number of rotatable bonds is 7. The predicted octanol–water partition coefficient (Wildman–Crippen LogP) is 4.38. The van der Waals surface area contributed by atoms with Gasteiger partial charge >= 0.3 is 0 Å². The van der Waals surface area contributed by atoms with Gasteiger partial charge in [-0.25, -0.2) is 4.98 Å². The highest BCUT2D eigenvalue weighted by Gasteiger charge is 2.34. The van der Waals surface area contributed by atoms with E-state index in [1.54, 1.807) is 11.3 Å². The van der Waals surface area contributed by atoms with Gasteiger partial charge in [0, 0.05) is 30.0 Å². The van der Waals surface area contributed by atoms with Crippen LogP contribution in [0.2, 0.25) is 0 Å². The van der Waals surface area contributed by atoms with Gasteiger partial charge in [-0.1, -0.05) is 18.6 Å². The van der Waals surface area contributed by atoms with Gasteiger partial charge in [-0.2, -0.15) is 0 Å². The summed E-state index contributed by atoms with van der Waals surface area (Å²) >= 11 is 1.65. The Balaban J connectivity index is 1.26. The molecule has 2 atom stereocenters. The van der Waals surface area contributed by atoms with Crippen molar-refractivity contribution in [1.29, 1.82) is 0 Å². The fourth-order valence-corrected chi connectivity index (χ4v) is 5.64. The molecule has 0 bridgehead atoms. The second-order valence-electron chi connectivity index (χ2n) is 8.99. The lowest BCUT2D eigenvalue weighted by molar-refractivity contribution is -0.129. The van der Waals surface area contributed by atoms with Crippen LogP contribution in [0, 0.1) is 23.7 Å². The van der Waals surface area contributed by atoms with Gasteiger partial charge in [0.1, 0.15) is 5.01 Å². The number of hydrogen-bond acceptors (Lipinski definition) is 4. The Bertz CT molecular complexity index is 706. The first kappa shape index (κ1) is 20.6. The van der Waals surface area contributed by atoms with Gasteiger partial charge in [0.05, 0.1) is 6.04 Å². The summed E-state index contributed by atoms with van der Waals surface area (Å²) in [6, 6.07) is 0.0488. The van der Waals surface area contributed by atoms with E-state index in [1.165, 1.54) is 6.42 Å². The summed E-state index contributed by atoms with van der Waals surface area (Å²) in [5.41, 5.74) is 0. The fourth-order valence-electron chi connectivity index (χ4n) is 4.86. The zero-order chi connectivity index (χ0) is 20.1. The van der Waals surface area contributed by atoms with E-state index in [0.29, 0.717) is 11.8 Å². The summed E-state index contributed by atoms with van der Waals surface area (Å²) in [5, 5.41) is 9.58. The van der Waals surface area contributed by atoms with E-state index < -0.39 is 0 Å². The summed E-state index contributed by atoms with van der Waals surface area (Å²) in [6.45, 7) is 0.794. The van der Waals surface area contributed by atoms with Crippen LogP contribution in [0.25, 0.3) is 0 Å². The summed E-state index contributed by atoms with van der Waals surface area (Å²) in [5.74, 6) is 1.80. The van der Waals surface area contributed by atoms with Gasteiger partial charge in [-0.3, -0.25) is 9.59 Å². The van der Waals surface area contributed by atoms with Crippen molar-refractivity contribution in [3.63, 3.8) is 0 Å². The van der Waals surface area contributed by atoms with Gasteiger partial charge in [0.25, 0.3) is 0 Å². The molecule has 2 N–H and O–H groups in total. The molecule has 0 radical (unpaired) electrons. The summed E-state index contributed by atoms with van der Waals surface area (Å²) < 4.78 is 0. The molecule has 1 aromatic heterocycles. The number of nitrogens with zero attached hydrogens (tertiary/aromatic N) is 1. The molecular formula is C23H33N3O2S. The molecule has 2 amide bonds. The van der Waals surface area contributed by atoms with Crippen LogP contribution in [-0.4, -0.2) is 23.3 Å². The largest absolute Gasteiger partial charge is 0.356 e. The molecule has 0 saturated heterocycles. The van der Waals surface area contributed by atoms with Gasteiger partial charge in [0.15, 0.2) is 0 Å². The molecule has 4 rings (SSSR count). The van der Waals surface area contributed by atoms with Crippen LogP contribution in [0.3, 0.4) is 0 Å². The number of carbonyl (C=O) groups excluding carboxylic acids is 2. The maximum Gasteiger partial charge on any atom is 0.223 e. The zero-order valence-corrected chi connectivity index (χ0v) is 18.0. The normalized spacial score (nSPS) is 28.3. The van der Waals surface area contributed by atoms with Crippen LogP contribution < -0.4 is 10.6 Å². The highest BCUT2D eigenvalue weighted by atomic mass is 32.1. The Kier molecular flexibility index (Phi) is 7.01. The van der Waals surface area contributed by atoms with Crippen LogP contribution in [0.5, 0.6) is 0 Å². The molecule has 0 aromatic carbocycles. The average molecular weight is 416 g/mol. The Morgan fingerprint density at radius 1 is 1.03 bits per heavy atom. The molecule has 6 heteroatoms. The summed E-state index contributed by atoms with van der Waals surface area (Å²) in [7, 11) is 0. The number of hydrogen-bond donors (Lipinski definition) is 2. The molecule has 2 saturated carbocycles. The average Bonchev–Trinajstić information content (AvgIpc) is 3.24. The second-order valence-corrected chi connectivity index (χ2v) is 9.92. The quantitative estimate of drug-likeness (QED) is 0.649. The predicted molar refractivity (Wildman–Crippen MR) is 115 cm³/mol. The van der Waals surface area contributed by atoms with E-state index >= 15 is 0 Å². The van der Waals surface area contributed by atoms with Gasteiger partial charge in [-0.05, 0) is 69.6 Å². The van der Waals surface area contributed by atoms with Gasteiger partial charge < -0.3 is 10.6 Å². The highest BCUT2D eigenvalue weighted by molar-refractivity contribution is 7.09. The number of amides is 2. The zero-order valence-electron chi connectivity index (χ0n) is 17.1. The first-order valence-corrected chi connectivity index (χ1v) is 12.2. The van der Waals surface area contributed by atoms with Crippen molar-refractivity contribution in [2.45, 2.75) is 70.3 Å². The first-order valence-electron chi connectivity index (χ1n) is 11.3. The third kappa shape index (κ3) is 5.27. The minimum Gasteiger partial charge on any atom is -0.356 e. The maximum atomic E-state index is 12.6. The van der Waals surface area contributed by atoms with E-state index in [0.717, 1.165) is 69.3 Å². The lowest BCUT2D eigenvalue weighted by Crippen LogP contribution is -2.41. The maximum absolute atomic E-state index is 12.6. The van der Waals surface area contributed by atoms with E-state index in [1.807, 2.05) is 11.6 Å². The van der Waals surface area contributed by atoms with Gasteiger partial charge in [-0.15, -0.1) is 11.3 Å². The van der Waals surface area contributed by atoms with E-state index in [2.05, 4.69) is 27.8 Å². The van der Waals surface area contributed by atoms with Crippen LogP contribution in [0.1, 0.15) is 75.3 Å². The lowest BCUT2D eigenvalue weighted by Gasteiger charge is -2.35. The van der Waals surface area contributed by atoms with Gasteiger partial charge in [0.2, 0.25) is 11.8 Å². The molecule has 1 aromatic rings. The SMILES string of the molecule is O=C(N[C@@H](c1nccs1)C1CCC(CNC(=O)[C@@H]2CC=CCC2)CC1)C1CCC1. The van der Waals surface area contributed by atoms with Crippen LogP contribution in [0.4, 0.5) is 0 Å². The second kappa shape index (κ2) is 9.88. The van der Waals surface area contributed by atoms with E-state index in [9.17, 15) is 9.59 Å². The van der Waals surface area contributed by atoms with Crippen molar-refractivity contribution in [3.8, 4) is 0 Å². The molecule has 0 spiro atoms. The number of allylic oxidation sites excluding steroid dienone is 2. The molecule has 0 aliphatic heterocycles. The Morgan fingerprint density at radius 2 is 1.86 bits per heavy atom. The lowest BCUT2D eigenvalue weighted by atomic mass is 9.78. The summed E-state index contributed by atoms with van der Waals surface area (Å²) in [6.07, 6.45) is 16.6. The van der Waals surface area contributed by atoms with E-state index in [-0.39, 0.29) is 29.7 Å². The fraction of sp³-hybridized carbons (Fsp3) is 0.696. The molecule has 29 heavy (non-hydrogen) atoms. The topological polar surface area (TPSA) is 71.1 Å². The first-order chi connectivity index (χ1) is 14.2. The van der Waals surface area contributed by atoms with Crippen LogP contribution in [-0.2, 0) is 9.59 Å². The molecule has 158 valence electrons. The van der Waals surface area contributed by atoms with Crippen molar-refractivity contribution in [2.24, 2.45) is 23.7 Å². The molecule has 3 aliphatic carbocycles. The monoisotopic (exact) mass is 415 g/mol. The number of aromatic nitrogens is 1. The standard InChI is InChI=1S/C23H33N3O2S/c27-21(18-5-2-1-3-6-18)25-15-16-9-11-17(12-10-16)20(23-24-13-14-29-23)26-22(28)19-7-4-8-19/h1-2,13-14,16-20H,3-12,15H2,(H,25,27)(H,26,28)/t16?,17?,18-,20-/m1/s1. The Hall–Kier alpha value is -1.69. The molecule has 1 heterocycles. The third-order valence-corrected chi connectivity index (χ3v) is 7.92. The third-order valence-electron chi connectivity index (χ3n) is 7.06. The Labute approximate surface area is 177 Å². The Morgan fingerprint density at radius 3 is 2.48 bits per heavy atom. The molecule has 3 aliphatic rings. The molecular weight excluding hydrogens is 382 g/mol. The molecule has 5 nitrogen and oxygen atoms in total.